The normalized spacial score (nSPS) is 16.5. The second-order valence-electron chi connectivity index (χ2n) is 5.73. The van der Waals surface area contributed by atoms with E-state index in [4.69, 9.17) is 0 Å². The molecule has 0 bridgehead atoms. The highest BCUT2D eigenvalue weighted by Crippen LogP contribution is 2.37. The van der Waals surface area contributed by atoms with E-state index in [1.54, 1.807) is 18.1 Å². The van der Waals surface area contributed by atoms with E-state index in [-0.39, 0.29) is 24.2 Å². The van der Waals surface area contributed by atoms with Gasteiger partial charge in [0.25, 0.3) is 0 Å². The molecule has 1 aliphatic heterocycles. The maximum Gasteiger partial charge on any atom is 0.234 e. The maximum absolute atomic E-state index is 12.3. The number of aryl methyl sites for hydroxylation is 1. The number of anilines is 1. The van der Waals surface area contributed by atoms with Crippen LogP contribution in [0.1, 0.15) is 23.7 Å². The van der Waals surface area contributed by atoms with Gasteiger partial charge in [-0.2, -0.15) is 0 Å². The van der Waals surface area contributed by atoms with Crippen molar-refractivity contribution in [3.8, 4) is 0 Å². The lowest BCUT2D eigenvalue weighted by atomic mass is 9.97. The van der Waals surface area contributed by atoms with Crippen LogP contribution in [0.4, 0.5) is 5.69 Å². The highest BCUT2D eigenvalue weighted by Gasteiger charge is 2.35. The molecule has 0 aliphatic carbocycles. The Kier molecular flexibility index (Phi) is 4.14. The van der Waals surface area contributed by atoms with Crippen molar-refractivity contribution in [3.05, 3.63) is 48.0 Å². The monoisotopic (exact) mass is 312 g/mol. The van der Waals surface area contributed by atoms with Gasteiger partial charge in [-0.1, -0.05) is 18.2 Å². The number of fused-ring (bicyclic) bond motifs is 1. The summed E-state index contributed by atoms with van der Waals surface area (Å²) < 4.78 is 1.98. The Morgan fingerprint density at radius 3 is 2.87 bits per heavy atom. The third-order valence-electron chi connectivity index (χ3n) is 4.29. The minimum atomic E-state index is -0.383. The van der Waals surface area contributed by atoms with Crippen molar-refractivity contribution in [3.63, 3.8) is 0 Å². The summed E-state index contributed by atoms with van der Waals surface area (Å²) in [6.07, 6.45) is 3.80. The summed E-state index contributed by atoms with van der Waals surface area (Å²) in [5, 5.41) is 2.88. The molecular formula is C17H20N4O2. The Bertz CT molecular complexity index is 738. The van der Waals surface area contributed by atoms with Crippen LogP contribution in [0, 0.1) is 6.92 Å². The highest BCUT2D eigenvalue weighted by atomic mass is 16.2. The molecule has 1 aromatic heterocycles. The Hall–Kier alpha value is -2.63. The topological polar surface area (TPSA) is 67.2 Å². The molecule has 1 aromatic carbocycles. The third-order valence-corrected chi connectivity index (χ3v) is 4.29. The van der Waals surface area contributed by atoms with E-state index in [2.05, 4.69) is 10.3 Å². The molecule has 0 fully saturated rings. The molecule has 2 amide bonds. The lowest BCUT2D eigenvalue weighted by Crippen LogP contribution is -2.31. The molecule has 3 rings (SSSR count). The van der Waals surface area contributed by atoms with E-state index < -0.39 is 0 Å². The van der Waals surface area contributed by atoms with Crippen LogP contribution in [0.5, 0.6) is 0 Å². The first-order chi connectivity index (χ1) is 11.1. The number of para-hydroxylation sites is 1. The van der Waals surface area contributed by atoms with Crippen molar-refractivity contribution in [2.24, 2.45) is 0 Å². The van der Waals surface area contributed by atoms with Gasteiger partial charge < -0.3 is 14.8 Å². The summed E-state index contributed by atoms with van der Waals surface area (Å²) in [5.74, 6) is 0.407. The molecule has 6 nitrogen and oxygen atoms in total. The predicted molar refractivity (Wildman–Crippen MR) is 87.2 cm³/mol. The molecule has 0 saturated carbocycles. The lowest BCUT2D eigenvalue weighted by molar-refractivity contribution is -0.125. The molecule has 23 heavy (non-hydrogen) atoms. The average Bonchev–Trinajstić information content (AvgIpc) is 3.05. The van der Waals surface area contributed by atoms with Crippen molar-refractivity contribution in [1.82, 2.24) is 14.9 Å². The quantitative estimate of drug-likeness (QED) is 0.909. The second kappa shape index (κ2) is 6.24. The van der Waals surface area contributed by atoms with Crippen molar-refractivity contribution in [2.75, 3.05) is 18.5 Å². The van der Waals surface area contributed by atoms with Gasteiger partial charge in [0.15, 0.2) is 0 Å². The van der Waals surface area contributed by atoms with Gasteiger partial charge in [-0.05, 0) is 18.6 Å². The number of nitrogens with one attached hydrogen (secondary N) is 1. The Morgan fingerprint density at radius 1 is 1.35 bits per heavy atom. The Balaban J connectivity index is 1.58. The standard InChI is InChI=1S/C17H20N4O2/c1-12-18-7-9-21(12)10-8-19-16(22)11-14-13-5-3-4-6-15(13)20(2)17(14)23/h3-7,9,14H,8,10-11H2,1-2H3,(H,19,22). The Morgan fingerprint density at radius 2 is 2.13 bits per heavy atom. The van der Waals surface area contributed by atoms with E-state index in [9.17, 15) is 9.59 Å². The van der Waals surface area contributed by atoms with Gasteiger partial charge in [0.2, 0.25) is 11.8 Å². The minimum Gasteiger partial charge on any atom is -0.354 e. The average molecular weight is 312 g/mol. The zero-order valence-electron chi connectivity index (χ0n) is 13.3. The molecule has 2 heterocycles. The number of likely N-dealkylation sites (N-methyl/N-ethyl adjacent to an activating group) is 1. The summed E-state index contributed by atoms with van der Waals surface area (Å²) in [5.41, 5.74) is 1.82. The molecule has 1 unspecified atom stereocenters. The lowest BCUT2D eigenvalue weighted by Gasteiger charge is -2.12. The van der Waals surface area contributed by atoms with E-state index in [1.807, 2.05) is 42.0 Å². The summed E-state index contributed by atoms with van der Waals surface area (Å²) in [4.78, 5) is 30.3. The number of benzene rings is 1. The molecule has 1 N–H and O–H groups in total. The fourth-order valence-electron chi connectivity index (χ4n) is 2.98. The van der Waals surface area contributed by atoms with E-state index in [1.165, 1.54) is 0 Å². The molecule has 6 heteroatoms. The molecule has 0 spiro atoms. The van der Waals surface area contributed by atoms with Gasteiger partial charge in [0.05, 0.1) is 5.92 Å². The molecule has 1 aliphatic rings. The summed E-state index contributed by atoms with van der Waals surface area (Å²) in [7, 11) is 1.75. The van der Waals surface area contributed by atoms with Gasteiger partial charge in [0, 0.05) is 44.6 Å². The van der Waals surface area contributed by atoms with E-state index in [0.29, 0.717) is 13.1 Å². The second-order valence-corrected chi connectivity index (χ2v) is 5.73. The largest absolute Gasteiger partial charge is 0.354 e. The molecule has 120 valence electrons. The number of carbonyl (C=O) groups excluding carboxylic acids is 2. The van der Waals surface area contributed by atoms with Gasteiger partial charge in [-0.15, -0.1) is 0 Å². The molecule has 1 atom stereocenters. The number of hydrogen-bond acceptors (Lipinski definition) is 3. The third kappa shape index (κ3) is 2.97. The summed E-state index contributed by atoms with van der Waals surface area (Å²) in [6, 6.07) is 7.63. The van der Waals surface area contributed by atoms with Crippen LogP contribution in [0.2, 0.25) is 0 Å². The molecule has 0 saturated heterocycles. The van der Waals surface area contributed by atoms with Crippen LogP contribution in [0.15, 0.2) is 36.7 Å². The number of nitrogens with zero attached hydrogens (tertiary/aromatic N) is 3. The van der Waals surface area contributed by atoms with Crippen LogP contribution in [0.3, 0.4) is 0 Å². The highest BCUT2D eigenvalue weighted by molar-refractivity contribution is 6.06. The van der Waals surface area contributed by atoms with Crippen LogP contribution < -0.4 is 10.2 Å². The first kappa shape index (κ1) is 15.3. The summed E-state index contributed by atoms with van der Waals surface area (Å²) >= 11 is 0. The van der Waals surface area contributed by atoms with E-state index in [0.717, 1.165) is 17.1 Å². The minimum absolute atomic E-state index is 0.0215. The van der Waals surface area contributed by atoms with Crippen molar-refractivity contribution in [1.29, 1.82) is 0 Å². The smallest absolute Gasteiger partial charge is 0.234 e. The van der Waals surface area contributed by atoms with Gasteiger partial charge in [0.1, 0.15) is 5.82 Å². The molecular weight excluding hydrogens is 292 g/mol. The SMILES string of the molecule is Cc1nccn1CCNC(=O)CC1C(=O)N(C)c2ccccc21. The van der Waals surface area contributed by atoms with Gasteiger partial charge in [-0.3, -0.25) is 9.59 Å². The number of rotatable bonds is 5. The van der Waals surface area contributed by atoms with Crippen molar-refractivity contribution >= 4 is 17.5 Å². The van der Waals surface area contributed by atoms with Crippen LogP contribution in [-0.2, 0) is 16.1 Å². The number of amides is 2. The first-order valence-corrected chi connectivity index (χ1v) is 7.69. The fraction of sp³-hybridized carbons (Fsp3) is 0.353. The molecule has 0 radical (unpaired) electrons. The fourth-order valence-corrected chi connectivity index (χ4v) is 2.98. The predicted octanol–water partition coefficient (Wildman–Crippen LogP) is 1.46. The number of carbonyl (C=O) groups is 2. The first-order valence-electron chi connectivity index (χ1n) is 7.69. The van der Waals surface area contributed by atoms with Crippen LogP contribution >= 0.6 is 0 Å². The van der Waals surface area contributed by atoms with Gasteiger partial charge >= 0.3 is 0 Å². The van der Waals surface area contributed by atoms with E-state index >= 15 is 0 Å². The number of imidazole rings is 1. The Labute approximate surface area is 135 Å². The maximum atomic E-state index is 12.3. The number of aromatic nitrogens is 2. The van der Waals surface area contributed by atoms with Crippen LogP contribution in [-0.4, -0.2) is 35.0 Å². The zero-order valence-corrected chi connectivity index (χ0v) is 13.3. The van der Waals surface area contributed by atoms with Gasteiger partial charge in [-0.25, -0.2) is 4.98 Å². The number of hydrogen-bond donors (Lipinski definition) is 1. The van der Waals surface area contributed by atoms with Crippen molar-refractivity contribution < 1.29 is 9.59 Å². The summed E-state index contributed by atoms with van der Waals surface area (Å²) in [6.45, 7) is 3.12. The molecule has 2 aromatic rings. The zero-order chi connectivity index (χ0) is 16.4. The van der Waals surface area contributed by atoms with Crippen molar-refractivity contribution in [2.45, 2.75) is 25.8 Å². The van der Waals surface area contributed by atoms with Crippen LogP contribution in [0.25, 0.3) is 0 Å².